The number of hydrogen-bond donors (Lipinski definition) is 1. The number of hydrogen-bond acceptors (Lipinski definition) is 5. The molecule has 0 bridgehead atoms. The molecule has 1 saturated heterocycles. The molecule has 1 aliphatic heterocycles. The number of benzene rings is 2. The second-order valence-corrected chi connectivity index (χ2v) is 11.1. The number of halogens is 1. The Labute approximate surface area is 218 Å². The maximum Gasteiger partial charge on any atom is 0.261 e. The highest BCUT2D eigenvalue weighted by molar-refractivity contribution is 7.92. The first-order valence-corrected chi connectivity index (χ1v) is 14.2. The largest absolute Gasteiger partial charge is 0.467 e. The Morgan fingerprint density at radius 2 is 1.83 bits per heavy atom. The smallest absolute Gasteiger partial charge is 0.261 e. The van der Waals surface area contributed by atoms with Crippen molar-refractivity contribution in [3.63, 3.8) is 0 Å². The Morgan fingerprint density at radius 1 is 1.08 bits per heavy atom. The van der Waals surface area contributed by atoms with E-state index in [4.69, 9.17) is 16.0 Å². The molecule has 1 aromatic heterocycles. The van der Waals surface area contributed by atoms with E-state index in [1.807, 2.05) is 23.1 Å². The minimum atomic E-state index is -3.85. The van der Waals surface area contributed by atoms with E-state index in [9.17, 15) is 13.2 Å². The number of rotatable bonds is 10. The maximum atomic E-state index is 13.7. The summed E-state index contributed by atoms with van der Waals surface area (Å²) in [5.41, 5.74) is 1.59. The molecule has 4 rings (SSSR count). The fraction of sp³-hybridized carbons (Fsp3) is 0.370. The zero-order valence-electron chi connectivity index (χ0n) is 20.5. The summed E-state index contributed by atoms with van der Waals surface area (Å²) in [6.45, 7) is 4.79. The van der Waals surface area contributed by atoms with Gasteiger partial charge in [0.2, 0.25) is 0 Å². The quantitative estimate of drug-likeness (QED) is 0.340. The van der Waals surface area contributed by atoms with Gasteiger partial charge in [0.25, 0.3) is 15.9 Å². The zero-order chi connectivity index (χ0) is 25.5. The number of amides is 1. The number of nitrogens with one attached hydrogen (secondary N) is 1. The van der Waals surface area contributed by atoms with Crippen LogP contribution >= 0.6 is 11.6 Å². The number of piperidine rings is 1. The average molecular weight is 530 g/mol. The molecule has 9 heteroatoms. The molecule has 1 aliphatic rings. The van der Waals surface area contributed by atoms with Crippen molar-refractivity contribution in [3.8, 4) is 0 Å². The van der Waals surface area contributed by atoms with E-state index in [-0.39, 0.29) is 10.8 Å². The summed E-state index contributed by atoms with van der Waals surface area (Å²) in [7, 11) is -3.85. The van der Waals surface area contributed by atoms with E-state index in [1.54, 1.807) is 18.4 Å². The molecule has 3 aromatic rings. The van der Waals surface area contributed by atoms with Crippen molar-refractivity contribution in [2.75, 3.05) is 29.3 Å². The lowest BCUT2D eigenvalue weighted by Gasteiger charge is -2.31. The van der Waals surface area contributed by atoms with Crippen LogP contribution in [0.15, 0.2) is 70.2 Å². The molecule has 0 spiro atoms. The fourth-order valence-corrected chi connectivity index (χ4v) is 5.54. The van der Waals surface area contributed by atoms with Crippen LogP contribution in [-0.4, -0.2) is 38.9 Å². The van der Waals surface area contributed by atoms with Crippen LogP contribution in [0.1, 0.15) is 55.1 Å². The molecule has 0 atom stereocenters. The number of carbonyl (C=O) groups excluding carboxylic acids is 1. The van der Waals surface area contributed by atoms with Gasteiger partial charge in [-0.3, -0.25) is 9.52 Å². The lowest BCUT2D eigenvalue weighted by molar-refractivity contribution is 0.0725. The van der Waals surface area contributed by atoms with Gasteiger partial charge in [-0.1, -0.05) is 24.9 Å². The van der Waals surface area contributed by atoms with Crippen LogP contribution in [0.3, 0.4) is 0 Å². The topological polar surface area (TPSA) is 82.9 Å². The second kappa shape index (κ2) is 11.8. The first kappa shape index (κ1) is 26.1. The van der Waals surface area contributed by atoms with Crippen LogP contribution in [0.2, 0.25) is 5.02 Å². The van der Waals surface area contributed by atoms with Gasteiger partial charge in [-0.15, -0.1) is 0 Å². The molecule has 0 saturated carbocycles. The van der Waals surface area contributed by atoms with Crippen molar-refractivity contribution in [1.29, 1.82) is 0 Å². The molecule has 1 fully saturated rings. The highest BCUT2D eigenvalue weighted by Gasteiger charge is 2.25. The molecule has 2 aromatic carbocycles. The van der Waals surface area contributed by atoms with E-state index in [1.165, 1.54) is 24.3 Å². The maximum absolute atomic E-state index is 13.7. The van der Waals surface area contributed by atoms with Crippen molar-refractivity contribution in [2.45, 2.75) is 50.5 Å². The fourth-order valence-electron chi connectivity index (χ4n) is 4.37. The molecule has 0 aliphatic carbocycles. The van der Waals surface area contributed by atoms with Crippen molar-refractivity contribution >= 4 is 38.9 Å². The standard InChI is InChI=1S/C27H32ClN3O4S/c1-2-3-15-31(20-23-8-7-18-35-23)26-14-11-22(19-25(26)27(32)30-16-5-4-6-17-30)29-36(33,34)24-12-9-21(28)10-13-24/h7-14,18-19,29H,2-6,15-17,20H2,1H3. The normalized spacial score (nSPS) is 14.0. The molecule has 0 unspecified atom stereocenters. The summed E-state index contributed by atoms with van der Waals surface area (Å²) < 4.78 is 34.2. The highest BCUT2D eigenvalue weighted by atomic mass is 35.5. The Balaban J connectivity index is 1.70. The lowest BCUT2D eigenvalue weighted by Crippen LogP contribution is -2.37. The molecule has 192 valence electrons. The molecule has 7 nitrogen and oxygen atoms in total. The number of furan rings is 1. The predicted octanol–water partition coefficient (Wildman–Crippen LogP) is 6.17. The number of carbonyl (C=O) groups is 1. The van der Waals surface area contributed by atoms with Gasteiger partial charge in [0.15, 0.2) is 0 Å². The third-order valence-corrected chi connectivity index (χ3v) is 7.94. The van der Waals surface area contributed by atoms with Gasteiger partial charge in [-0.2, -0.15) is 0 Å². The second-order valence-electron chi connectivity index (χ2n) is 9.00. The average Bonchev–Trinajstić information content (AvgIpc) is 3.40. The number of unbranched alkanes of at least 4 members (excludes halogenated alkanes) is 1. The van der Waals surface area contributed by atoms with Gasteiger partial charge in [-0.25, -0.2) is 8.42 Å². The molecule has 0 radical (unpaired) electrons. The van der Waals surface area contributed by atoms with E-state index >= 15 is 0 Å². The first-order valence-electron chi connectivity index (χ1n) is 12.4. The third-order valence-electron chi connectivity index (χ3n) is 6.30. The van der Waals surface area contributed by atoms with Gasteiger partial charge < -0.3 is 14.2 Å². The number of sulfonamides is 1. The number of likely N-dealkylation sites (tertiary alicyclic amines) is 1. The Bertz CT molecular complexity index is 1250. The molecule has 36 heavy (non-hydrogen) atoms. The summed E-state index contributed by atoms with van der Waals surface area (Å²) >= 11 is 5.92. The summed E-state index contributed by atoms with van der Waals surface area (Å²) in [6, 6.07) is 14.9. The molecule has 2 heterocycles. The van der Waals surface area contributed by atoms with Crippen LogP contribution in [0.5, 0.6) is 0 Å². The van der Waals surface area contributed by atoms with Crippen molar-refractivity contribution in [3.05, 3.63) is 77.2 Å². The predicted molar refractivity (Wildman–Crippen MR) is 143 cm³/mol. The van der Waals surface area contributed by atoms with Gasteiger partial charge in [0.1, 0.15) is 5.76 Å². The Hall–Kier alpha value is -2.97. The molecule has 1 N–H and O–H groups in total. The lowest BCUT2D eigenvalue weighted by atomic mass is 10.1. The van der Waals surface area contributed by atoms with E-state index < -0.39 is 10.0 Å². The SMILES string of the molecule is CCCCN(Cc1ccco1)c1ccc(NS(=O)(=O)c2ccc(Cl)cc2)cc1C(=O)N1CCCCC1. The van der Waals surface area contributed by atoms with Crippen LogP contribution in [0, 0.1) is 0 Å². The number of anilines is 2. The third kappa shape index (κ3) is 6.42. The van der Waals surface area contributed by atoms with Crippen molar-refractivity contribution in [2.24, 2.45) is 0 Å². The monoisotopic (exact) mass is 529 g/mol. The summed E-state index contributed by atoms with van der Waals surface area (Å²) in [5.74, 6) is 0.716. The van der Waals surface area contributed by atoms with Crippen molar-refractivity contribution < 1.29 is 17.6 Å². The number of nitrogens with zero attached hydrogens (tertiary/aromatic N) is 2. The van der Waals surface area contributed by atoms with E-state index in [0.29, 0.717) is 35.9 Å². The minimum absolute atomic E-state index is 0.0850. The highest BCUT2D eigenvalue weighted by Crippen LogP contribution is 2.30. The van der Waals surface area contributed by atoms with E-state index in [0.717, 1.165) is 50.1 Å². The zero-order valence-corrected chi connectivity index (χ0v) is 22.0. The van der Waals surface area contributed by atoms with Crippen LogP contribution in [0.4, 0.5) is 11.4 Å². The molecular weight excluding hydrogens is 498 g/mol. The Morgan fingerprint density at radius 3 is 2.50 bits per heavy atom. The summed E-state index contributed by atoms with van der Waals surface area (Å²) in [6.07, 6.45) is 6.64. The van der Waals surface area contributed by atoms with Crippen molar-refractivity contribution in [1.82, 2.24) is 4.90 Å². The van der Waals surface area contributed by atoms with Gasteiger partial charge in [0, 0.05) is 30.3 Å². The van der Waals surface area contributed by atoms with Crippen LogP contribution in [0.25, 0.3) is 0 Å². The molecular formula is C27H32ClN3O4S. The van der Waals surface area contributed by atoms with Gasteiger partial charge in [-0.05, 0) is 80.3 Å². The van der Waals surface area contributed by atoms with Crippen LogP contribution in [-0.2, 0) is 16.6 Å². The molecule has 1 amide bonds. The minimum Gasteiger partial charge on any atom is -0.467 e. The van der Waals surface area contributed by atoms with Gasteiger partial charge >= 0.3 is 0 Å². The summed E-state index contributed by atoms with van der Waals surface area (Å²) in [4.78, 5) is 17.8. The Kier molecular flexibility index (Phi) is 8.59. The first-order chi connectivity index (χ1) is 17.4. The van der Waals surface area contributed by atoms with E-state index in [2.05, 4.69) is 16.5 Å². The van der Waals surface area contributed by atoms with Gasteiger partial charge in [0.05, 0.1) is 29.0 Å². The van der Waals surface area contributed by atoms with Crippen LogP contribution < -0.4 is 9.62 Å². The summed E-state index contributed by atoms with van der Waals surface area (Å²) in [5, 5.41) is 0.455.